The van der Waals surface area contributed by atoms with Gasteiger partial charge in [-0.1, -0.05) is 17.3 Å². The number of carbonyl (C=O) groups excluding carboxylic acids is 1. The number of carboxylic acid groups (broad SMARTS) is 1. The second kappa shape index (κ2) is 9.04. The molecule has 7 nitrogen and oxygen atoms in total. The number of rotatable bonds is 3. The van der Waals surface area contributed by atoms with Crippen molar-refractivity contribution < 1.29 is 36.8 Å². The fourth-order valence-electron chi connectivity index (χ4n) is 3.95. The average molecular weight is 443 g/mol. The summed E-state index contributed by atoms with van der Waals surface area (Å²) in [6.45, 7) is 5.98. The Morgan fingerprint density at radius 2 is 1.81 bits per heavy atom. The number of amides is 1. The molecule has 1 aromatic heterocycles. The third-order valence-corrected chi connectivity index (χ3v) is 5.37. The monoisotopic (exact) mass is 443 g/mol. The van der Waals surface area contributed by atoms with Gasteiger partial charge in [-0.05, 0) is 36.5 Å². The maximum atomic E-state index is 13.3. The van der Waals surface area contributed by atoms with Crippen LogP contribution in [0.1, 0.15) is 21.7 Å². The molecule has 0 unspecified atom stereocenters. The van der Waals surface area contributed by atoms with Crippen molar-refractivity contribution in [2.45, 2.75) is 19.6 Å². The highest BCUT2D eigenvalue weighted by Crippen LogP contribution is 2.33. The Balaban J connectivity index is 0.000000339. The first kappa shape index (κ1) is 22.7. The highest BCUT2D eigenvalue weighted by atomic mass is 19.4. The number of carboxylic acids is 1. The summed E-state index contributed by atoms with van der Waals surface area (Å²) in [5.74, 6) is -1.38. The molecule has 2 aliphatic heterocycles. The molecule has 2 fully saturated rings. The molecule has 168 valence electrons. The SMILES string of the molecule is Cc1oncc1C(=O)N1C[C@H]2CN(Cc3cccc(F)c3)C[C@H]2C1.O=C(O)C(F)(F)F. The molecule has 2 atom stereocenters. The Morgan fingerprint density at radius 3 is 2.29 bits per heavy atom. The number of aryl methyl sites for hydroxylation is 1. The van der Waals surface area contributed by atoms with Crippen molar-refractivity contribution in [3.8, 4) is 0 Å². The quantitative estimate of drug-likeness (QED) is 0.735. The van der Waals surface area contributed by atoms with E-state index in [9.17, 15) is 22.4 Å². The standard InChI is InChI=1S/C18H20FN3O2.C2HF3O2/c1-12-17(6-20-24-12)18(23)22-10-14-8-21(9-15(14)11-22)7-13-3-2-4-16(19)5-13;3-2(4,5)1(6)7/h2-6,14-15H,7-11H2,1H3;(H,6,7)/t14-,15+;. The molecule has 1 amide bonds. The van der Waals surface area contributed by atoms with Crippen LogP contribution in [0.15, 0.2) is 35.0 Å². The second-order valence-corrected chi connectivity index (χ2v) is 7.65. The van der Waals surface area contributed by atoms with Crippen LogP contribution in [0.2, 0.25) is 0 Å². The Hall–Kier alpha value is -2.95. The third kappa shape index (κ3) is 5.60. The molecule has 2 saturated heterocycles. The van der Waals surface area contributed by atoms with E-state index in [0.717, 1.165) is 38.3 Å². The largest absolute Gasteiger partial charge is 0.490 e. The van der Waals surface area contributed by atoms with E-state index >= 15 is 0 Å². The predicted molar refractivity (Wildman–Crippen MR) is 99.5 cm³/mol. The summed E-state index contributed by atoms with van der Waals surface area (Å²) >= 11 is 0. The highest BCUT2D eigenvalue weighted by Gasteiger charge is 2.42. The van der Waals surface area contributed by atoms with Gasteiger partial charge < -0.3 is 14.5 Å². The summed E-state index contributed by atoms with van der Waals surface area (Å²) in [5, 5.41) is 10.8. The van der Waals surface area contributed by atoms with Crippen molar-refractivity contribution in [1.82, 2.24) is 15.0 Å². The minimum Gasteiger partial charge on any atom is -0.475 e. The van der Waals surface area contributed by atoms with Crippen LogP contribution < -0.4 is 0 Å². The van der Waals surface area contributed by atoms with Crippen molar-refractivity contribution in [1.29, 1.82) is 0 Å². The van der Waals surface area contributed by atoms with E-state index in [4.69, 9.17) is 14.4 Å². The molecule has 2 aliphatic rings. The zero-order valence-electron chi connectivity index (χ0n) is 16.6. The Bertz CT molecular complexity index is 933. The van der Waals surface area contributed by atoms with Gasteiger partial charge in [0.2, 0.25) is 0 Å². The van der Waals surface area contributed by atoms with Crippen LogP contribution in [-0.2, 0) is 11.3 Å². The van der Waals surface area contributed by atoms with Crippen LogP contribution in [-0.4, -0.2) is 64.3 Å². The van der Waals surface area contributed by atoms with Crippen molar-refractivity contribution in [2.75, 3.05) is 26.2 Å². The average Bonchev–Trinajstić information content (AvgIpc) is 3.35. The molecule has 0 radical (unpaired) electrons. The minimum atomic E-state index is -5.08. The maximum absolute atomic E-state index is 13.3. The first-order valence-corrected chi connectivity index (χ1v) is 9.52. The van der Waals surface area contributed by atoms with Gasteiger partial charge in [-0.25, -0.2) is 9.18 Å². The van der Waals surface area contributed by atoms with Crippen LogP contribution in [0.4, 0.5) is 17.6 Å². The van der Waals surface area contributed by atoms with Crippen molar-refractivity contribution in [2.24, 2.45) is 11.8 Å². The number of alkyl halides is 3. The number of aliphatic carboxylic acids is 1. The lowest BCUT2D eigenvalue weighted by Gasteiger charge is -2.21. The normalized spacial score (nSPS) is 20.9. The smallest absolute Gasteiger partial charge is 0.475 e. The number of carbonyl (C=O) groups is 2. The molecule has 1 aromatic carbocycles. The molecule has 11 heteroatoms. The van der Waals surface area contributed by atoms with Gasteiger partial charge in [0.1, 0.15) is 17.1 Å². The van der Waals surface area contributed by atoms with Crippen LogP contribution in [0.5, 0.6) is 0 Å². The van der Waals surface area contributed by atoms with Crippen molar-refractivity contribution >= 4 is 11.9 Å². The van der Waals surface area contributed by atoms with Gasteiger partial charge in [0.05, 0.1) is 6.20 Å². The summed E-state index contributed by atoms with van der Waals surface area (Å²) in [6, 6.07) is 6.78. The number of hydrogen-bond acceptors (Lipinski definition) is 5. The fraction of sp³-hybridized carbons (Fsp3) is 0.450. The zero-order chi connectivity index (χ0) is 22.8. The maximum Gasteiger partial charge on any atom is 0.490 e. The Kier molecular flexibility index (Phi) is 6.63. The molecule has 1 N–H and O–H groups in total. The molecule has 4 rings (SSSR count). The van der Waals surface area contributed by atoms with Crippen LogP contribution >= 0.6 is 0 Å². The molecule has 0 saturated carbocycles. The van der Waals surface area contributed by atoms with Gasteiger partial charge in [-0.3, -0.25) is 9.69 Å². The number of halogens is 4. The van der Waals surface area contributed by atoms with Gasteiger partial charge in [0.15, 0.2) is 0 Å². The van der Waals surface area contributed by atoms with E-state index in [1.54, 1.807) is 19.1 Å². The molecule has 0 spiro atoms. The lowest BCUT2D eigenvalue weighted by Crippen LogP contribution is -2.33. The van der Waals surface area contributed by atoms with Crippen molar-refractivity contribution in [3.05, 3.63) is 53.2 Å². The van der Waals surface area contributed by atoms with Gasteiger partial charge in [0, 0.05) is 32.7 Å². The first-order chi connectivity index (χ1) is 14.5. The topological polar surface area (TPSA) is 86.9 Å². The summed E-state index contributed by atoms with van der Waals surface area (Å²) in [7, 11) is 0. The van der Waals surface area contributed by atoms with Gasteiger partial charge in [0.25, 0.3) is 5.91 Å². The Morgan fingerprint density at radius 1 is 1.19 bits per heavy atom. The lowest BCUT2D eigenvalue weighted by molar-refractivity contribution is -0.192. The number of nitrogens with zero attached hydrogens (tertiary/aromatic N) is 3. The summed E-state index contributed by atoms with van der Waals surface area (Å²) in [5.41, 5.74) is 1.56. The third-order valence-electron chi connectivity index (χ3n) is 5.37. The van der Waals surface area contributed by atoms with E-state index in [2.05, 4.69) is 10.1 Å². The summed E-state index contributed by atoms with van der Waals surface area (Å²) in [4.78, 5) is 25.7. The predicted octanol–water partition coefficient (Wildman–Crippen LogP) is 2.96. The van der Waals surface area contributed by atoms with Crippen molar-refractivity contribution in [3.63, 3.8) is 0 Å². The van der Waals surface area contributed by atoms with Gasteiger partial charge in [-0.2, -0.15) is 13.2 Å². The van der Waals surface area contributed by atoms with Crippen LogP contribution in [0, 0.1) is 24.6 Å². The lowest BCUT2D eigenvalue weighted by atomic mass is 10.0. The molecule has 0 aliphatic carbocycles. The minimum absolute atomic E-state index is 0.0137. The number of hydrogen-bond donors (Lipinski definition) is 1. The van der Waals surface area contributed by atoms with E-state index in [1.807, 2.05) is 11.0 Å². The highest BCUT2D eigenvalue weighted by molar-refractivity contribution is 5.95. The number of benzene rings is 1. The molecule has 3 heterocycles. The number of fused-ring (bicyclic) bond motifs is 1. The van der Waals surface area contributed by atoms with E-state index in [-0.39, 0.29) is 11.7 Å². The Labute approximate surface area is 175 Å². The van der Waals surface area contributed by atoms with Gasteiger partial charge >= 0.3 is 12.1 Å². The van der Waals surface area contributed by atoms with Crippen LogP contribution in [0.25, 0.3) is 0 Å². The zero-order valence-corrected chi connectivity index (χ0v) is 16.6. The molecule has 31 heavy (non-hydrogen) atoms. The van der Waals surface area contributed by atoms with Crippen LogP contribution in [0.3, 0.4) is 0 Å². The second-order valence-electron chi connectivity index (χ2n) is 7.65. The summed E-state index contributed by atoms with van der Waals surface area (Å²) < 4.78 is 50.0. The fourth-order valence-corrected chi connectivity index (χ4v) is 3.95. The molecular formula is C20H21F4N3O4. The molecular weight excluding hydrogens is 422 g/mol. The van der Waals surface area contributed by atoms with Gasteiger partial charge in [-0.15, -0.1) is 0 Å². The number of likely N-dealkylation sites (tertiary alicyclic amines) is 2. The number of aromatic nitrogens is 1. The van der Waals surface area contributed by atoms with E-state index in [0.29, 0.717) is 23.2 Å². The first-order valence-electron chi connectivity index (χ1n) is 9.52. The van der Waals surface area contributed by atoms with E-state index in [1.165, 1.54) is 12.3 Å². The molecule has 2 aromatic rings. The molecule has 0 bridgehead atoms. The van der Waals surface area contributed by atoms with E-state index < -0.39 is 12.1 Å². The summed E-state index contributed by atoms with van der Waals surface area (Å²) in [6.07, 6.45) is -3.58.